The van der Waals surface area contributed by atoms with Gasteiger partial charge in [0.15, 0.2) is 0 Å². The van der Waals surface area contributed by atoms with Gasteiger partial charge in [-0.25, -0.2) is 0 Å². The highest BCUT2D eigenvalue weighted by molar-refractivity contribution is 6.30. The van der Waals surface area contributed by atoms with Crippen molar-refractivity contribution in [1.29, 1.82) is 0 Å². The van der Waals surface area contributed by atoms with Crippen molar-refractivity contribution in [2.45, 2.75) is 38.6 Å². The quantitative estimate of drug-likeness (QED) is 0.891. The summed E-state index contributed by atoms with van der Waals surface area (Å²) in [4.78, 5) is 11.9. The lowest BCUT2D eigenvalue weighted by Crippen LogP contribution is -2.54. The summed E-state index contributed by atoms with van der Waals surface area (Å²) >= 11 is 5.87. The van der Waals surface area contributed by atoms with Gasteiger partial charge in [0.05, 0.1) is 0 Å². The summed E-state index contributed by atoms with van der Waals surface area (Å²) in [5, 5.41) is 4.02. The molecule has 1 aliphatic rings. The van der Waals surface area contributed by atoms with Crippen molar-refractivity contribution in [3.8, 4) is 0 Å². The summed E-state index contributed by atoms with van der Waals surface area (Å²) in [5.74, 6) is 0.863. The molecule has 0 spiro atoms. The Labute approximate surface area is 119 Å². The van der Waals surface area contributed by atoms with E-state index in [9.17, 15) is 4.79 Å². The first-order valence-corrected chi connectivity index (χ1v) is 7.14. The Balaban J connectivity index is 2.21. The van der Waals surface area contributed by atoms with Crippen LogP contribution in [-0.2, 0) is 4.79 Å². The number of anilines is 1. The molecule has 0 aromatic heterocycles. The van der Waals surface area contributed by atoms with Crippen LogP contribution in [0.2, 0.25) is 5.02 Å². The SMILES string of the molecule is CC1CCC(Nc2ccc(Cl)cc2)(C(N)=O)CC1C. The molecule has 3 N–H and O–H groups in total. The number of benzene rings is 1. The Morgan fingerprint density at radius 2 is 1.95 bits per heavy atom. The highest BCUT2D eigenvalue weighted by atomic mass is 35.5. The largest absolute Gasteiger partial charge is 0.371 e. The summed E-state index contributed by atoms with van der Waals surface area (Å²) in [6, 6.07) is 7.40. The van der Waals surface area contributed by atoms with E-state index in [-0.39, 0.29) is 5.91 Å². The van der Waals surface area contributed by atoms with Gasteiger partial charge in [-0.15, -0.1) is 0 Å². The molecule has 0 bridgehead atoms. The molecule has 1 amide bonds. The van der Waals surface area contributed by atoms with Crippen LogP contribution in [0.1, 0.15) is 33.1 Å². The van der Waals surface area contributed by atoms with Crippen LogP contribution in [0.5, 0.6) is 0 Å². The number of primary amides is 1. The van der Waals surface area contributed by atoms with Gasteiger partial charge in [0.25, 0.3) is 0 Å². The molecule has 3 nitrogen and oxygen atoms in total. The minimum absolute atomic E-state index is 0.263. The average Bonchev–Trinajstić information content (AvgIpc) is 2.37. The van der Waals surface area contributed by atoms with Crippen LogP contribution < -0.4 is 11.1 Å². The van der Waals surface area contributed by atoms with E-state index in [2.05, 4.69) is 19.2 Å². The molecule has 0 heterocycles. The van der Waals surface area contributed by atoms with Crippen molar-refractivity contribution in [1.82, 2.24) is 0 Å². The van der Waals surface area contributed by atoms with Gasteiger partial charge in [0.2, 0.25) is 5.91 Å². The van der Waals surface area contributed by atoms with Crippen LogP contribution in [0.3, 0.4) is 0 Å². The van der Waals surface area contributed by atoms with Crippen LogP contribution >= 0.6 is 11.6 Å². The van der Waals surface area contributed by atoms with Crippen LogP contribution in [0.15, 0.2) is 24.3 Å². The minimum Gasteiger partial charge on any atom is -0.371 e. The summed E-state index contributed by atoms with van der Waals surface area (Å²) in [5.41, 5.74) is 5.93. The molecular weight excluding hydrogens is 260 g/mol. The molecule has 0 radical (unpaired) electrons. The third-order valence-electron chi connectivity index (χ3n) is 4.37. The van der Waals surface area contributed by atoms with Crippen LogP contribution in [0.4, 0.5) is 5.69 Å². The zero-order chi connectivity index (χ0) is 14.0. The van der Waals surface area contributed by atoms with E-state index in [1.807, 2.05) is 24.3 Å². The Morgan fingerprint density at radius 1 is 1.32 bits per heavy atom. The zero-order valence-electron chi connectivity index (χ0n) is 11.4. The molecule has 19 heavy (non-hydrogen) atoms. The van der Waals surface area contributed by atoms with Gasteiger partial charge in [-0.2, -0.15) is 0 Å². The van der Waals surface area contributed by atoms with Crippen LogP contribution in [0.25, 0.3) is 0 Å². The maximum Gasteiger partial charge on any atom is 0.243 e. The first-order valence-electron chi connectivity index (χ1n) is 6.76. The molecule has 1 fully saturated rings. The number of nitrogens with two attached hydrogens (primary N) is 1. The molecule has 0 saturated heterocycles. The lowest BCUT2D eigenvalue weighted by molar-refractivity contribution is -0.124. The predicted octanol–water partition coefficient (Wildman–Crippen LogP) is 3.43. The normalized spacial score (nSPS) is 30.9. The van der Waals surface area contributed by atoms with E-state index >= 15 is 0 Å². The monoisotopic (exact) mass is 280 g/mol. The van der Waals surface area contributed by atoms with Gasteiger partial charge in [0, 0.05) is 10.7 Å². The molecule has 3 unspecified atom stereocenters. The Bertz CT molecular complexity index is 460. The molecule has 1 aliphatic carbocycles. The summed E-state index contributed by atoms with van der Waals surface area (Å²) in [6.45, 7) is 4.42. The molecule has 1 saturated carbocycles. The molecule has 1 aromatic carbocycles. The van der Waals surface area contributed by atoms with E-state index in [0.29, 0.717) is 16.9 Å². The summed E-state index contributed by atoms with van der Waals surface area (Å²) in [7, 11) is 0. The molecule has 104 valence electrons. The highest BCUT2D eigenvalue weighted by Gasteiger charge is 2.42. The van der Waals surface area contributed by atoms with Crippen molar-refractivity contribution < 1.29 is 4.79 Å². The Hall–Kier alpha value is -1.22. The van der Waals surface area contributed by atoms with Crippen molar-refractivity contribution >= 4 is 23.2 Å². The Kier molecular flexibility index (Phi) is 4.04. The third kappa shape index (κ3) is 3.03. The summed E-state index contributed by atoms with van der Waals surface area (Å²) < 4.78 is 0. The fourth-order valence-corrected chi connectivity index (χ4v) is 2.95. The number of carbonyl (C=O) groups is 1. The standard InChI is InChI=1S/C15H21ClN2O/c1-10-7-8-15(14(17)19,9-11(10)2)18-13-5-3-12(16)4-6-13/h3-6,10-11,18H,7-9H2,1-2H3,(H2,17,19). The fraction of sp³-hybridized carbons (Fsp3) is 0.533. The number of halogens is 1. The van der Waals surface area contributed by atoms with Gasteiger partial charge >= 0.3 is 0 Å². The number of nitrogens with one attached hydrogen (secondary N) is 1. The lowest BCUT2D eigenvalue weighted by Gasteiger charge is -2.41. The summed E-state index contributed by atoms with van der Waals surface area (Å²) in [6.07, 6.45) is 2.59. The van der Waals surface area contributed by atoms with Gasteiger partial charge < -0.3 is 11.1 Å². The topological polar surface area (TPSA) is 55.1 Å². The second-order valence-corrected chi connectivity index (χ2v) is 6.21. The van der Waals surface area contributed by atoms with E-state index < -0.39 is 5.54 Å². The number of rotatable bonds is 3. The van der Waals surface area contributed by atoms with Gasteiger partial charge in [0.1, 0.15) is 5.54 Å². The van der Waals surface area contributed by atoms with E-state index in [1.165, 1.54) is 0 Å². The second-order valence-electron chi connectivity index (χ2n) is 5.78. The molecule has 3 atom stereocenters. The number of hydrogen-bond acceptors (Lipinski definition) is 2. The molecule has 2 rings (SSSR count). The first kappa shape index (κ1) is 14.2. The molecule has 1 aromatic rings. The number of hydrogen-bond donors (Lipinski definition) is 2. The lowest BCUT2D eigenvalue weighted by atomic mass is 9.70. The van der Waals surface area contributed by atoms with Crippen molar-refractivity contribution in [3.05, 3.63) is 29.3 Å². The fourth-order valence-electron chi connectivity index (χ4n) is 2.82. The minimum atomic E-state index is -0.625. The van der Waals surface area contributed by atoms with Crippen molar-refractivity contribution in [2.75, 3.05) is 5.32 Å². The van der Waals surface area contributed by atoms with Crippen molar-refractivity contribution in [3.63, 3.8) is 0 Å². The zero-order valence-corrected chi connectivity index (χ0v) is 12.2. The van der Waals surface area contributed by atoms with Crippen LogP contribution in [0, 0.1) is 11.8 Å². The van der Waals surface area contributed by atoms with Gasteiger partial charge in [-0.3, -0.25) is 4.79 Å². The van der Waals surface area contributed by atoms with Crippen molar-refractivity contribution in [2.24, 2.45) is 17.6 Å². The second kappa shape index (κ2) is 5.41. The van der Waals surface area contributed by atoms with Crippen LogP contribution in [-0.4, -0.2) is 11.4 Å². The average molecular weight is 281 g/mol. The maximum absolute atomic E-state index is 11.9. The molecular formula is C15H21ClN2O. The Morgan fingerprint density at radius 3 is 2.47 bits per heavy atom. The maximum atomic E-state index is 11.9. The third-order valence-corrected chi connectivity index (χ3v) is 4.62. The molecule has 0 aliphatic heterocycles. The first-order chi connectivity index (χ1) is 8.93. The van der Waals surface area contributed by atoms with Gasteiger partial charge in [-0.1, -0.05) is 25.4 Å². The van der Waals surface area contributed by atoms with E-state index in [1.54, 1.807) is 0 Å². The predicted molar refractivity (Wildman–Crippen MR) is 79.2 cm³/mol. The highest BCUT2D eigenvalue weighted by Crippen LogP contribution is 2.38. The number of carbonyl (C=O) groups excluding carboxylic acids is 1. The smallest absolute Gasteiger partial charge is 0.243 e. The molecule has 4 heteroatoms. The van der Waals surface area contributed by atoms with Gasteiger partial charge in [-0.05, 0) is 55.4 Å². The number of amides is 1. The van der Waals surface area contributed by atoms with E-state index in [0.717, 1.165) is 24.9 Å². The van der Waals surface area contributed by atoms with E-state index in [4.69, 9.17) is 17.3 Å².